The van der Waals surface area contributed by atoms with Crippen molar-refractivity contribution in [3.63, 3.8) is 0 Å². The maximum Gasteiger partial charge on any atom is 0.154 e. The van der Waals surface area contributed by atoms with Gasteiger partial charge in [0.25, 0.3) is 0 Å². The van der Waals surface area contributed by atoms with E-state index in [1.807, 2.05) is 0 Å². The molecule has 0 nitrogen and oxygen atoms in total. The fraction of sp³-hybridized carbons (Fsp3) is 0.579. The fourth-order valence-electron chi connectivity index (χ4n) is 14.8. The summed E-state index contributed by atoms with van der Waals surface area (Å²) in [7, 11) is 19.5. The molecule has 8 unspecified atom stereocenters. The van der Waals surface area contributed by atoms with Crippen LogP contribution in [0.2, 0.25) is 46.5 Å². The van der Waals surface area contributed by atoms with Crippen molar-refractivity contribution in [3.8, 4) is 0 Å². The van der Waals surface area contributed by atoms with Gasteiger partial charge >= 0.3 is 0 Å². The highest BCUT2D eigenvalue weighted by Gasteiger charge is 2.31. The van der Waals surface area contributed by atoms with Crippen LogP contribution in [0.15, 0.2) is 178 Å². The van der Waals surface area contributed by atoms with E-state index in [0.717, 1.165) is 25.7 Å². The van der Waals surface area contributed by atoms with Crippen LogP contribution in [0.5, 0.6) is 0 Å². The summed E-state index contributed by atoms with van der Waals surface area (Å²) in [5, 5.41) is 0. The third kappa shape index (κ3) is 15.8. The Morgan fingerprint density at radius 1 is 0.190 bits per heavy atom. The summed E-state index contributed by atoms with van der Waals surface area (Å²) in [6.45, 7) is 73.2. The van der Waals surface area contributed by atoms with Gasteiger partial charge in [-0.3, -0.25) is 0 Å². The van der Waals surface area contributed by atoms with Crippen LogP contribution in [0.25, 0.3) is 0 Å². The highest BCUT2D eigenvalue weighted by atomic mass is 14.3. The third-order valence-corrected chi connectivity index (χ3v) is 23.1. The summed E-state index contributed by atoms with van der Waals surface area (Å²) in [6, 6.07) is 0. The Morgan fingerprint density at radius 2 is 0.405 bits per heavy atom. The van der Waals surface area contributed by atoms with Crippen molar-refractivity contribution in [2.24, 2.45) is 0 Å². The quantitative estimate of drug-likeness (QED) is 0.213. The molecule has 0 fully saturated rings. The van der Waals surface area contributed by atoms with Crippen molar-refractivity contribution in [3.05, 3.63) is 178 Å². The molecular formula is C76H112B8. The number of hydrogen-bond donors (Lipinski definition) is 0. The second-order valence-corrected chi connectivity index (χ2v) is 28.0. The van der Waals surface area contributed by atoms with Crippen LogP contribution in [0.4, 0.5) is 0 Å². The molecule has 8 rings (SSSR count). The van der Waals surface area contributed by atoms with Crippen molar-refractivity contribution in [1.29, 1.82) is 0 Å². The number of allylic oxidation sites excluding steroid dienone is 32. The van der Waals surface area contributed by atoms with E-state index in [0.29, 0.717) is 46.5 Å². The molecular weight excluding hydrogens is 999 g/mol. The summed E-state index contributed by atoms with van der Waals surface area (Å²) >= 11 is 0. The van der Waals surface area contributed by atoms with Crippen molar-refractivity contribution in [1.82, 2.24) is 0 Å². The molecule has 0 aromatic rings. The second kappa shape index (κ2) is 29.6. The van der Waals surface area contributed by atoms with Crippen molar-refractivity contribution < 1.29 is 0 Å². The lowest BCUT2D eigenvalue weighted by Crippen LogP contribution is -2.19. The minimum Gasteiger partial charge on any atom is -0.108 e. The van der Waals surface area contributed by atoms with Crippen molar-refractivity contribution >= 4 is 58.2 Å². The SMILES string of the molecule is CC1=C(C)C(C)=C(CC2=C(C)C(C)=C(C)C(C)[B]2)C(C)[B]1.CC1=C(C)C(C)=C(CC2=C(C)C(C)=C(C)[B]C2C)C(C)[B]1.CC1=C(C)C(C)=C(CC2=C(C)C(C)=C(C)[B]C2C)C(C)[B]1.CC1=C(C)C(C)=C(CC2=C(C)C(C)[B]C(C)=C2C)C(C)[B]1. The van der Waals surface area contributed by atoms with E-state index in [-0.39, 0.29) is 0 Å². The molecule has 0 bridgehead atoms. The lowest BCUT2D eigenvalue weighted by atomic mass is 9.47. The molecule has 8 radical (unpaired) electrons. The molecule has 8 heterocycles. The Hall–Kier alpha value is -3.64. The molecule has 0 saturated heterocycles. The molecule has 0 aliphatic carbocycles. The maximum absolute atomic E-state index is 2.48. The van der Waals surface area contributed by atoms with E-state index < -0.39 is 0 Å². The predicted molar refractivity (Wildman–Crippen MR) is 388 cm³/mol. The topological polar surface area (TPSA) is 0 Å². The fourth-order valence-corrected chi connectivity index (χ4v) is 14.8. The molecule has 8 atom stereocenters. The van der Waals surface area contributed by atoms with E-state index in [4.69, 9.17) is 0 Å². The Morgan fingerprint density at radius 3 is 0.679 bits per heavy atom. The first-order valence-electron chi connectivity index (χ1n) is 32.7. The van der Waals surface area contributed by atoms with Crippen LogP contribution in [0, 0.1) is 0 Å². The number of rotatable bonds is 8. The van der Waals surface area contributed by atoms with Gasteiger partial charge in [0.15, 0.2) is 58.2 Å². The van der Waals surface area contributed by atoms with Gasteiger partial charge in [-0.1, -0.05) is 204 Å². The van der Waals surface area contributed by atoms with Gasteiger partial charge < -0.3 is 0 Å². The predicted octanol–water partition coefficient (Wildman–Crippen LogP) is 22.6. The van der Waals surface area contributed by atoms with Gasteiger partial charge in [0, 0.05) is 0 Å². The van der Waals surface area contributed by atoms with Crippen LogP contribution in [-0.2, 0) is 0 Å². The number of hydrogen-bond acceptors (Lipinski definition) is 0. The van der Waals surface area contributed by atoms with E-state index >= 15 is 0 Å². The zero-order valence-corrected chi connectivity index (χ0v) is 60.1. The zero-order chi connectivity index (χ0) is 63.6. The van der Waals surface area contributed by atoms with E-state index in [1.54, 1.807) is 44.6 Å². The van der Waals surface area contributed by atoms with Gasteiger partial charge in [-0.15, -0.1) is 43.8 Å². The second-order valence-electron chi connectivity index (χ2n) is 28.0. The molecule has 84 heavy (non-hydrogen) atoms. The molecule has 0 amide bonds. The van der Waals surface area contributed by atoms with E-state index in [9.17, 15) is 0 Å². The van der Waals surface area contributed by atoms with Crippen molar-refractivity contribution in [2.45, 2.75) is 294 Å². The lowest BCUT2D eigenvalue weighted by molar-refractivity contribution is 0.873. The normalized spacial score (nSPS) is 27.2. The van der Waals surface area contributed by atoms with Crippen LogP contribution in [0.1, 0.15) is 247 Å². The molecule has 8 heteroatoms. The molecule has 0 spiro atoms. The van der Waals surface area contributed by atoms with Gasteiger partial charge in [0.1, 0.15) is 0 Å². The van der Waals surface area contributed by atoms with Crippen LogP contribution in [-0.4, -0.2) is 58.2 Å². The standard InChI is InChI=1S/4C19H28B2/c2*1-10-12(3)18(16(7)20-14(10)5)9-19-13(4)11(2)15(6)21-17(19)8;1-10-11(2)19(17(8)21-14(10)5)9-18-12(3)15(6)20-16(7)13(18)4;1-10-11(2)16(7)21-19(14(10)5)9-18-13(4)12(3)15(6)20-17(18)8/h2*16-17H,9H2,1-8H3;15,17H,9H2,1-8H3;16-17H,9H2,1-8H3. The first kappa shape index (κ1) is 71.1. The van der Waals surface area contributed by atoms with Gasteiger partial charge in [-0.25, -0.2) is 0 Å². The molecule has 440 valence electrons. The van der Waals surface area contributed by atoms with E-state index in [1.165, 1.54) is 133 Å². The van der Waals surface area contributed by atoms with Crippen LogP contribution in [0.3, 0.4) is 0 Å². The van der Waals surface area contributed by atoms with E-state index in [2.05, 4.69) is 280 Å². The average molecular weight is 1110 g/mol. The Labute approximate surface area is 526 Å². The zero-order valence-electron chi connectivity index (χ0n) is 60.1. The van der Waals surface area contributed by atoms with Crippen LogP contribution < -0.4 is 0 Å². The average Bonchev–Trinajstić information content (AvgIpc) is 2.28. The first-order chi connectivity index (χ1) is 38.9. The largest absolute Gasteiger partial charge is 0.154 e. The first-order valence-corrected chi connectivity index (χ1v) is 32.7. The Balaban J connectivity index is 0.000000205. The summed E-state index contributed by atoms with van der Waals surface area (Å²) in [6.07, 6.45) is 4.47. The van der Waals surface area contributed by atoms with Gasteiger partial charge in [-0.2, -0.15) is 0 Å². The minimum absolute atomic E-state index is 0.559. The molecule has 8 aliphatic rings. The smallest absolute Gasteiger partial charge is 0.108 e. The highest BCUT2D eigenvalue weighted by Crippen LogP contribution is 2.47. The molecule has 0 N–H and O–H groups in total. The summed E-state index contributed by atoms with van der Waals surface area (Å²) < 4.78 is 0. The van der Waals surface area contributed by atoms with Crippen LogP contribution >= 0.6 is 0 Å². The monoisotopic (exact) mass is 1110 g/mol. The maximum atomic E-state index is 2.48. The Kier molecular flexibility index (Phi) is 25.0. The van der Waals surface area contributed by atoms with Gasteiger partial charge in [0.05, 0.1) is 0 Å². The van der Waals surface area contributed by atoms with Gasteiger partial charge in [0.2, 0.25) is 0 Å². The Bertz CT molecular complexity index is 2980. The van der Waals surface area contributed by atoms with Gasteiger partial charge in [-0.05, 0) is 223 Å². The highest BCUT2D eigenvalue weighted by molar-refractivity contribution is 6.52. The third-order valence-electron chi connectivity index (χ3n) is 23.1. The lowest BCUT2D eigenvalue weighted by Gasteiger charge is -2.32. The minimum atomic E-state index is 0.559. The summed E-state index contributed by atoms with van der Waals surface area (Å²) in [5.74, 6) is 4.52. The molecule has 0 aromatic carbocycles. The summed E-state index contributed by atoms with van der Waals surface area (Å²) in [4.78, 5) is 0. The molecule has 0 saturated carbocycles. The molecule has 0 aromatic heterocycles. The summed E-state index contributed by atoms with van der Waals surface area (Å²) in [5.41, 5.74) is 48.3. The van der Waals surface area contributed by atoms with Crippen molar-refractivity contribution in [2.75, 3.05) is 0 Å². The molecule has 8 aliphatic heterocycles.